The first kappa shape index (κ1) is 13.7. The second-order valence-corrected chi connectivity index (χ2v) is 5.21. The molecule has 0 atom stereocenters. The number of aromatic nitrogens is 2. The van der Waals surface area contributed by atoms with Crippen molar-refractivity contribution in [2.45, 2.75) is 32.4 Å². The van der Waals surface area contributed by atoms with Crippen LogP contribution in [-0.4, -0.2) is 22.3 Å². The van der Waals surface area contributed by atoms with E-state index in [1.54, 1.807) is 17.8 Å². The van der Waals surface area contributed by atoms with Gasteiger partial charge >= 0.3 is 0 Å². The Hall–Kier alpha value is -0.320. The molecule has 3 nitrogen and oxygen atoms in total. The van der Waals surface area contributed by atoms with E-state index in [2.05, 4.69) is 23.8 Å². The molecule has 0 fully saturated rings. The van der Waals surface area contributed by atoms with Gasteiger partial charge in [0.25, 0.3) is 0 Å². The Morgan fingerprint density at radius 3 is 2.81 bits per heavy atom. The summed E-state index contributed by atoms with van der Waals surface area (Å²) >= 11 is 7.62. The molecule has 0 spiro atoms. The summed E-state index contributed by atoms with van der Waals surface area (Å²) in [7, 11) is 0. The summed E-state index contributed by atoms with van der Waals surface area (Å²) in [6.45, 7) is 7.38. The van der Waals surface area contributed by atoms with Crippen LogP contribution in [0.1, 0.15) is 26.6 Å². The Bertz CT molecular complexity index is 334. The number of rotatable bonds is 6. The molecule has 1 aromatic rings. The molecule has 5 heteroatoms. The maximum atomic E-state index is 5.92. The van der Waals surface area contributed by atoms with Crippen molar-refractivity contribution < 1.29 is 4.74 Å². The van der Waals surface area contributed by atoms with E-state index >= 15 is 0 Å². The molecule has 0 bridgehead atoms. The largest absolute Gasteiger partial charge is 0.374 e. The first-order valence-corrected chi connectivity index (χ1v) is 6.72. The van der Waals surface area contributed by atoms with E-state index in [9.17, 15) is 0 Å². The highest BCUT2D eigenvalue weighted by Gasteiger charge is 2.05. The molecule has 16 heavy (non-hydrogen) atoms. The highest BCUT2D eigenvalue weighted by atomic mass is 35.5. The van der Waals surface area contributed by atoms with Crippen LogP contribution in [0.5, 0.6) is 0 Å². The maximum absolute atomic E-state index is 5.92. The summed E-state index contributed by atoms with van der Waals surface area (Å²) in [6.07, 6.45) is 0. The lowest BCUT2D eigenvalue weighted by Crippen LogP contribution is -2.01. The number of nitrogens with zero attached hydrogens (tertiary/aromatic N) is 2. The van der Waals surface area contributed by atoms with Crippen LogP contribution in [-0.2, 0) is 11.3 Å². The number of hydrogen-bond donors (Lipinski definition) is 0. The summed E-state index contributed by atoms with van der Waals surface area (Å²) in [5, 5.41) is 1.40. The average Bonchev–Trinajstić information content (AvgIpc) is 2.23. The first-order valence-electron chi connectivity index (χ1n) is 5.35. The van der Waals surface area contributed by atoms with Gasteiger partial charge in [0, 0.05) is 18.4 Å². The Kier molecular flexibility index (Phi) is 6.09. The fraction of sp³-hybridized carbons (Fsp3) is 0.636. The first-order chi connectivity index (χ1) is 7.61. The third-order valence-electron chi connectivity index (χ3n) is 1.72. The minimum Gasteiger partial charge on any atom is -0.374 e. The molecular formula is C11H17ClN2OS. The van der Waals surface area contributed by atoms with Gasteiger partial charge in [-0.3, -0.25) is 0 Å². The van der Waals surface area contributed by atoms with Crippen LogP contribution in [0, 0.1) is 5.92 Å². The minimum absolute atomic E-state index is 0.423. The van der Waals surface area contributed by atoms with Gasteiger partial charge in [-0.25, -0.2) is 9.97 Å². The van der Waals surface area contributed by atoms with Crippen LogP contribution in [0.25, 0.3) is 0 Å². The molecule has 0 aliphatic rings. The third-order valence-corrected chi connectivity index (χ3v) is 3.25. The molecule has 0 saturated heterocycles. The maximum Gasteiger partial charge on any atom is 0.156 e. The van der Waals surface area contributed by atoms with Crippen LogP contribution >= 0.6 is 23.4 Å². The Morgan fingerprint density at radius 2 is 2.19 bits per heavy atom. The summed E-state index contributed by atoms with van der Waals surface area (Å²) in [5.74, 6) is 2.32. The van der Waals surface area contributed by atoms with Crippen molar-refractivity contribution in [3.05, 3.63) is 17.0 Å². The van der Waals surface area contributed by atoms with Crippen molar-refractivity contribution in [1.82, 2.24) is 9.97 Å². The van der Waals surface area contributed by atoms with Gasteiger partial charge in [-0.1, -0.05) is 25.4 Å². The van der Waals surface area contributed by atoms with Crippen molar-refractivity contribution in [3.63, 3.8) is 0 Å². The molecule has 0 unspecified atom stereocenters. The quantitative estimate of drug-likeness (QED) is 0.580. The fourth-order valence-electron chi connectivity index (χ4n) is 1.03. The second kappa shape index (κ2) is 7.09. The number of ether oxygens (including phenoxy) is 1. The molecule has 0 radical (unpaired) electrons. The van der Waals surface area contributed by atoms with Crippen LogP contribution in [0.15, 0.2) is 11.1 Å². The van der Waals surface area contributed by atoms with Gasteiger partial charge in [0.15, 0.2) is 5.82 Å². The zero-order valence-electron chi connectivity index (χ0n) is 9.86. The Balaban J connectivity index is 2.65. The highest BCUT2D eigenvalue weighted by molar-refractivity contribution is 7.99. The lowest BCUT2D eigenvalue weighted by atomic mass is 10.3. The van der Waals surface area contributed by atoms with Crippen molar-refractivity contribution in [2.24, 2.45) is 5.92 Å². The van der Waals surface area contributed by atoms with Crippen LogP contribution in [0.4, 0.5) is 0 Å². The van der Waals surface area contributed by atoms with Crippen molar-refractivity contribution >= 4 is 23.4 Å². The topological polar surface area (TPSA) is 35.0 Å². The second-order valence-electron chi connectivity index (χ2n) is 3.79. The number of hydrogen-bond acceptors (Lipinski definition) is 4. The van der Waals surface area contributed by atoms with Crippen LogP contribution in [0.3, 0.4) is 0 Å². The molecular weight excluding hydrogens is 244 g/mol. The van der Waals surface area contributed by atoms with Crippen molar-refractivity contribution in [1.29, 1.82) is 0 Å². The van der Waals surface area contributed by atoms with E-state index < -0.39 is 0 Å². The molecule has 0 aliphatic heterocycles. The van der Waals surface area contributed by atoms with Gasteiger partial charge in [0.05, 0.1) is 0 Å². The molecule has 0 aliphatic carbocycles. The van der Waals surface area contributed by atoms with Crippen molar-refractivity contribution in [2.75, 3.05) is 12.4 Å². The molecule has 1 rings (SSSR count). The number of thioether (sulfide) groups is 1. The minimum atomic E-state index is 0.423. The van der Waals surface area contributed by atoms with E-state index in [4.69, 9.17) is 16.3 Å². The Morgan fingerprint density at radius 1 is 1.44 bits per heavy atom. The zero-order valence-corrected chi connectivity index (χ0v) is 11.4. The van der Waals surface area contributed by atoms with Crippen LogP contribution < -0.4 is 0 Å². The van der Waals surface area contributed by atoms with Gasteiger partial charge in [-0.05, 0) is 12.8 Å². The summed E-state index contributed by atoms with van der Waals surface area (Å²) in [4.78, 5) is 8.50. The molecule has 1 aromatic heterocycles. The predicted octanol–water partition coefficient (Wildman–Crippen LogP) is 3.41. The van der Waals surface area contributed by atoms with Gasteiger partial charge in [0.1, 0.15) is 16.8 Å². The third kappa shape index (κ3) is 5.14. The Labute approximate surface area is 106 Å². The molecule has 0 amide bonds. The van der Waals surface area contributed by atoms with E-state index in [1.807, 2.05) is 6.92 Å². The van der Waals surface area contributed by atoms with Gasteiger partial charge in [-0.2, -0.15) is 0 Å². The number of halogens is 1. The van der Waals surface area contributed by atoms with Gasteiger partial charge in [-0.15, -0.1) is 11.8 Å². The smallest absolute Gasteiger partial charge is 0.156 e. The summed E-state index contributed by atoms with van der Waals surface area (Å²) < 4.78 is 5.26. The average molecular weight is 261 g/mol. The van der Waals surface area contributed by atoms with Gasteiger partial charge in [0.2, 0.25) is 0 Å². The summed E-state index contributed by atoms with van der Waals surface area (Å²) in [5.41, 5.74) is 0. The lowest BCUT2D eigenvalue weighted by molar-refractivity contribution is 0.128. The standard InChI is InChI=1S/C11H17ClN2OS/c1-4-15-6-10-13-9(12)5-11(14-10)16-7-8(2)3/h5,8H,4,6-7H2,1-3H3. The SMILES string of the molecule is CCOCc1nc(Cl)cc(SCC(C)C)n1. The molecule has 0 aromatic carbocycles. The van der Waals surface area contributed by atoms with E-state index in [0.717, 1.165) is 10.8 Å². The van der Waals surface area contributed by atoms with Crippen molar-refractivity contribution in [3.8, 4) is 0 Å². The normalized spacial score (nSPS) is 11.1. The lowest BCUT2D eigenvalue weighted by Gasteiger charge is -2.06. The molecule has 0 N–H and O–H groups in total. The molecule has 90 valence electrons. The van der Waals surface area contributed by atoms with E-state index in [0.29, 0.717) is 30.1 Å². The van der Waals surface area contributed by atoms with Gasteiger partial charge < -0.3 is 4.74 Å². The monoisotopic (exact) mass is 260 g/mol. The fourth-order valence-corrected chi connectivity index (χ4v) is 2.16. The summed E-state index contributed by atoms with van der Waals surface area (Å²) in [6, 6.07) is 1.80. The van der Waals surface area contributed by atoms with E-state index in [1.165, 1.54) is 0 Å². The highest BCUT2D eigenvalue weighted by Crippen LogP contribution is 2.21. The zero-order chi connectivity index (χ0) is 12.0. The molecule has 1 heterocycles. The predicted molar refractivity (Wildman–Crippen MR) is 67.9 cm³/mol. The van der Waals surface area contributed by atoms with E-state index in [-0.39, 0.29) is 0 Å². The molecule has 0 saturated carbocycles. The van der Waals surface area contributed by atoms with Crippen LogP contribution in [0.2, 0.25) is 5.15 Å².